The predicted octanol–water partition coefficient (Wildman–Crippen LogP) is 4.19. The molecule has 5 heteroatoms. The van der Waals surface area contributed by atoms with Gasteiger partial charge in [-0.15, -0.1) is 11.3 Å². The Morgan fingerprint density at radius 3 is 2.77 bits per heavy atom. The summed E-state index contributed by atoms with van der Waals surface area (Å²) in [6, 6.07) is 2.28. The van der Waals surface area contributed by atoms with Crippen LogP contribution in [0.2, 0.25) is 0 Å². The number of nitrogens with one attached hydrogen (secondary N) is 1. The second-order valence-electron chi connectivity index (χ2n) is 6.29. The smallest absolute Gasteiger partial charge is 0.227 e. The van der Waals surface area contributed by atoms with E-state index < -0.39 is 0 Å². The van der Waals surface area contributed by atoms with E-state index in [1.54, 1.807) is 0 Å². The number of methoxy groups -OCH3 is 1. The van der Waals surface area contributed by atoms with Crippen LogP contribution in [0.15, 0.2) is 11.4 Å². The Hall–Kier alpha value is -1.36. The molecule has 1 aliphatic heterocycles. The van der Waals surface area contributed by atoms with Crippen LogP contribution >= 0.6 is 11.3 Å². The van der Waals surface area contributed by atoms with E-state index in [2.05, 4.69) is 0 Å². The predicted molar refractivity (Wildman–Crippen MR) is 89.9 cm³/mol. The number of amides is 1. The van der Waals surface area contributed by atoms with Gasteiger partial charge in [0.15, 0.2) is 0 Å². The number of nitrogens with zero attached hydrogens (tertiary/aromatic N) is 1. The molecule has 2 fully saturated rings. The molecule has 22 heavy (non-hydrogen) atoms. The molecule has 0 spiro atoms. The van der Waals surface area contributed by atoms with E-state index in [1.807, 2.05) is 16.3 Å². The molecule has 1 saturated carbocycles. The highest BCUT2D eigenvalue weighted by Crippen LogP contribution is 2.39. The quantitative estimate of drug-likeness (QED) is 0.671. The molecule has 1 saturated heterocycles. The lowest BCUT2D eigenvalue weighted by Gasteiger charge is -2.41. The van der Waals surface area contributed by atoms with Gasteiger partial charge in [0.25, 0.3) is 0 Å². The molecule has 1 aromatic rings. The van der Waals surface area contributed by atoms with E-state index in [1.165, 1.54) is 50.6 Å². The molecule has 2 aliphatic rings. The maximum atomic E-state index is 12.6. The first-order valence-corrected chi connectivity index (χ1v) is 9.13. The average Bonchev–Trinajstić information content (AvgIpc) is 3.04. The molecule has 4 nitrogen and oxygen atoms in total. The molecule has 1 amide bonds. The number of ether oxygens (including phenoxy) is 1. The highest BCUT2D eigenvalue weighted by Gasteiger charge is 2.37. The van der Waals surface area contributed by atoms with E-state index in [0.29, 0.717) is 18.4 Å². The van der Waals surface area contributed by atoms with Gasteiger partial charge in [0.2, 0.25) is 11.8 Å². The van der Waals surface area contributed by atoms with Crippen LogP contribution in [0.1, 0.15) is 56.2 Å². The number of anilines is 1. The molecule has 1 unspecified atom stereocenters. The second kappa shape index (κ2) is 6.82. The van der Waals surface area contributed by atoms with Gasteiger partial charge in [-0.05, 0) is 43.0 Å². The minimum Gasteiger partial charge on any atom is -0.480 e. The van der Waals surface area contributed by atoms with Gasteiger partial charge in [-0.1, -0.05) is 19.3 Å². The van der Waals surface area contributed by atoms with Crippen LogP contribution in [0.5, 0.6) is 0 Å². The van der Waals surface area contributed by atoms with E-state index in [9.17, 15) is 4.79 Å². The van der Waals surface area contributed by atoms with E-state index in [4.69, 9.17) is 10.1 Å². The molecule has 0 radical (unpaired) electrons. The summed E-state index contributed by atoms with van der Waals surface area (Å²) in [6.07, 6.45) is 9.07. The minimum absolute atomic E-state index is 0.158. The topological polar surface area (TPSA) is 53.4 Å². The van der Waals surface area contributed by atoms with Crippen molar-refractivity contribution in [1.29, 1.82) is 5.41 Å². The Balaban J connectivity index is 1.91. The third-order valence-corrected chi connectivity index (χ3v) is 5.90. The normalized spacial score (nSPS) is 23.6. The molecule has 3 rings (SSSR count). The van der Waals surface area contributed by atoms with E-state index >= 15 is 0 Å². The molecule has 2 heterocycles. The fraction of sp³-hybridized carbons (Fsp3) is 0.647. The SMILES string of the molecule is COC(=N)c1sccc1N1C(=O)CCCC1C1CCCCC1. The number of carbonyl (C=O) groups is 1. The summed E-state index contributed by atoms with van der Waals surface area (Å²) in [5.41, 5.74) is 0.886. The van der Waals surface area contributed by atoms with Crippen molar-refractivity contribution in [2.45, 2.75) is 57.4 Å². The van der Waals surface area contributed by atoms with Crippen molar-refractivity contribution in [1.82, 2.24) is 0 Å². The van der Waals surface area contributed by atoms with Crippen molar-refractivity contribution in [2.75, 3.05) is 12.0 Å². The van der Waals surface area contributed by atoms with Gasteiger partial charge >= 0.3 is 0 Å². The number of hydrogen-bond donors (Lipinski definition) is 1. The number of piperidine rings is 1. The number of carbonyl (C=O) groups excluding carboxylic acids is 1. The van der Waals surface area contributed by atoms with Gasteiger partial charge in [0, 0.05) is 12.5 Å². The summed E-state index contributed by atoms with van der Waals surface area (Å²) in [5.74, 6) is 0.985. The van der Waals surface area contributed by atoms with Gasteiger partial charge in [-0.3, -0.25) is 10.2 Å². The van der Waals surface area contributed by atoms with Crippen molar-refractivity contribution >= 4 is 28.8 Å². The fourth-order valence-electron chi connectivity index (χ4n) is 3.93. The van der Waals surface area contributed by atoms with E-state index in [0.717, 1.165) is 23.4 Å². The first kappa shape index (κ1) is 15.5. The van der Waals surface area contributed by atoms with Gasteiger partial charge in [-0.25, -0.2) is 0 Å². The summed E-state index contributed by atoms with van der Waals surface area (Å²) in [6.45, 7) is 0. The van der Waals surface area contributed by atoms with Gasteiger partial charge < -0.3 is 9.64 Å². The van der Waals surface area contributed by atoms with Crippen LogP contribution in [-0.2, 0) is 9.53 Å². The van der Waals surface area contributed by atoms with Crippen LogP contribution < -0.4 is 4.90 Å². The third kappa shape index (κ3) is 2.91. The highest BCUT2D eigenvalue weighted by atomic mass is 32.1. The highest BCUT2D eigenvalue weighted by molar-refractivity contribution is 7.12. The molecule has 1 N–H and O–H groups in total. The average molecular weight is 320 g/mol. The lowest BCUT2D eigenvalue weighted by molar-refractivity contribution is -0.120. The Morgan fingerprint density at radius 2 is 2.05 bits per heavy atom. The molecule has 0 aromatic carbocycles. The number of rotatable bonds is 3. The molecule has 120 valence electrons. The standard InChI is InChI=1S/C17H24N2O2S/c1-21-17(18)16-14(10-11-22-16)19-13(8-5-9-15(19)20)12-6-3-2-4-7-12/h10-13,18H,2-9H2,1H3. The Labute approximate surface area is 136 Å². The lowest BCUT2D eigenvalue weighted by Crippen LogP contribution is -2.48. The summed E-state index contributed by atoms with van der Waals surface area (Å²) in [4.78, 5) is 15.4. The zero-order valence-corrected chi connectivity index (χ0v) is 14.0. The van der Waals surface area contributed by atoms with Crippen molar-refractivity contribution < 1.29 is 9.53 Å². The monoisotopic (exact) mass is 320 g/mol. The van der Waals surface area contributed by atoms with Gasteiger partial charge in [-0.2, -0.15) is 0 Å². The third-order valence-electron chi connectivity index (χ3n) is 5.00. The summed E-state index contributed by atoms with van der Waals surface area (Å²) in [7, 11) is 1.52. The van der Waals surface area contributed by atoms with Crippen molar-refractivity contribution in [3.05, 3.63) is 16.3 Å². The van der Waals surface area contributed by atoms with Crippen molar-refractivity contribution in [3.63, 3.8) is 0 Å². The molecular formula is C17H24N2O2S. The molecule has 0 bridgehead atoms. The largest absolute Gasteiger partial charge is 0.480 e. The molecule has 1 aliphatic carbocycles. The number of hydrogen-bond acceptors (Lipinski definition) is 4. The first-order valence-electron chi connectivity index (χ1n) is 8.25. The Morgan fingerprint density at radius 1 is 1.27 bits per heavy atom. The molecular weight excluding hydrogens is 296 g/mol. The van der Waals surface area contributed by atoms with Crippen LogP contribution in [0.4, 0.5) is 5.69 Å². The summed E-state index contributed by atoms with van der Waals surface area (Å²) < 4.78 is 5.10. The minimum atomic E-state index is 0.158. The number of thiophene rings is 1. The zero-order chi connectivity index (χ0) is 15.5. The Kier molecular flexibility index (Phi) is 4.81. The van der Waals surface area contributed by atoms with Crippen molar-refractivity contribution in [2.24, 2.45) is 5.92 Å². The first-order chi connectivity index (χ1) is 10.7. The molecule has 1 aromatic heterocycles. The maximum absolute atomic E-state index is 12.6. The van der Waals surface area contributed by atoms with Crippen LogP contribution in [0.3, 0.4) is 0 Å². The van der Waals surface area contributed by atoms with Crippen molar-refractivity contribution in [3.8, 4) is 0 Å². The second-order valence-corrected chi connectivity index (χ2v) is 7.21. The Bertz CT molecular complexity index is 549. The van der Waals surface area contributed by atoms with Crippen LogP contribution in [0.25, 0.3) is 0 Å². The van der Waals surface area contributed by atoms with Crippen LogP contribution in [-0.4, -0.2) is 25.0 Å². The van der Waals surface area contributed by atoms with Gasteiger partial charge in [0.05, 0.1) is 12.8 Å². The van der Waals surface area contributed by atoms with Crippen LogP contribution in [0, 0.1) is 11.3 Å². The molecule has 1 atom stereocenters. The zero-order valence-electron chi connectivity index (χ0n) is 13.1. The summed E-state index contributed by atoms with van der Waals surface area (Å²) >= 11 is 1.48. The maximum Gasteiger partial charge on any atom is 0.227 e. The lowest BCUT2D eigenvalue weighted by atomic mass is 9.79. The van der Waals surface area contributed by atoms with E-state index in [-0.39, 0.29) is 11.8 Å². The summed E-state index contributed by atoms with van der Waals surface area (Å²) in [5, 5.41) is 9.94. The fourth-order valence-corrected chi connectivity index (χ4v) is 4.74. The van der Waals surface area contributed by atoms with Gasteiger partial charge in [0.1, 0.15) is 4.88 Å².